The molecule has 84 valence electrons. The number of alkyl halides is 3. The minimum Gasteiger partial charge on any atom is -0.284 e. The molecule has 0 aliphatic rings. The van der Waals surface area contributed by atoms with E-state index in [1.807, 2.05) is 13.8 Å². The van der Waals surface area contributed by atoms with Crippen molar-refractivity contribution >= 4 is 5.78 Å². The highest BCUT2D eigenvalue weighted by molar-refractivity contribution is 5.99. The van der Waals surface area contributed by atoms with Crippen molar-refractivity contribution in [2.24, 2.45) is 0 Å². The Hall–Kier alpha value is -1.33. The van der Waals surface area contributed by atoms with Crippen molar-refractivity contribution < 1.29 is 18.0 Å². The van der Waals surface area contributed by atoms with Gasteiger partial charge in [0.15, 0.2) is 0 Å². The molecule has 15 heavy (non-hydrogen) atoms. The van der Waals surface area contributed by atoms with Crippen LogP contribution in [0.15, 0.2) is 12.4 Å². The van der Waals surface area contributed by atoms with Gasteiger partial charge in [-0.05, 0) is 13.3 Å². The second-order valence-electron chi connectivity index (χ2n) is 3.29. The highest BCUT2D eigenvalue weighted by Crippen LogP contribution is 2.21. The standard InChI is InChI=1S/C9H11F3N2O/c1-3-6(2)14-5-7(4-13-14)8(15)9(10,11)12/h4-6H,3H2,1-2H3/t6-/m1/s1. The van der Waals surface area contributed by atoms with E-state index in [-0.39, 0.29) is 6.04 Å². The Morgan fingerprint density at radius 2 is 2.20 bits per heavy atom. The normalized spacial score (nSPS) is 13.9. The molecule has 0 saturated carbocycles. The minimum absolute atomic E-state index is 0.0141. The van der Waals surface area contributed by atoms with Gasteiger partial charge in [-0.2, -0.15) is 18.3 Å². The largest absolute Gasteiger partial charge is 0.454 e. The van der Waals surface area contributed by atoms with Crippen molar-refractivity contribution in [3.8, 4) is 0 Å². The fraction of sp³-hybridized carbons (Fsp3) is 0.556. The molecule has 6 heteroatoms. The third-order valence-electron chi connectivity index (χ3n) is 2.16. The number of nitrogens with zero attached hydrogens (tertiary/aromatic N) is 2. The van der Waals surface area contributed by atoms with E-state index >= 15 is 0 Å². The van der Waals surface area contributed by atoms with Gasteiger partial charge in [0, 0.05) is 12.2 Å². The van der Waals surface area contributed by atoms with E-state index in [4.69, 9.17) is 0 Å². The number of ketones is 1. The van der Waals surface area contributed by atoms with Crippen molar-refractivity contribution in [2.45, 2.75) is 32.5 Å². The molecule has 0 aliphatic carbocycles. The SMILES string of the molecule is CC[C@@H](C)n1cc(C(=O)C(F)(F)F)cn1. The predicted molar refractivity (Wildman–Crippen MR) is 47.6 cm³/mol. The molecular weight excluding hydrogens is 209 g/mol. The molecule has 0 radical (unpaired) electrons. The Morgan fingerprint density at radius 1 is 1.60 bits per heavy atom. The maximum Gasteiger partial charge on any atom is 0.454 e. The van der Waals surface area contributed by atoms with Crippen molar-refractivity contribution in [3.63, 3.8) is 0 Å². The van der Waals surface area contributed by atoms with Crippen LogP contribution in [0.25, 0.3) is 0 Å². The first-order valence-electron chi connectivity index (χ1n) is 4.52. The van der Waals surface area contributed by atoms with Crippen molar-refractivity contribution in [2.75, 3.05) is 0 Å². The van der Waals surface area contributed by atoms with Crippen LogP contribution in [0.1, 0.15) is 36.7 Å². The summed E-state index contributed by atoms with van der Waals surface area (Å²) < 4.78 is 37.5. The van der Waals surface area contributed by atoms with Crippen LogP contribution in [-0.2, 0) is 0 Å². The van der Waals surface area contributed by atoms with Crippen LogP contribution in [0.3, 0.4) is 0 Å². The van der Waals surface area contributed by atoms with E-state index in [0.717, 1.165) is 18.8 Å². The molecule has 0 bridgehead atoms. The van der Waals surface area contributed by atoms with Crippen LogP contribution >= 0.6 is 0 Å². The van der Waals surface area contributed by atoms with Gasteiger partial charge in [-0.3, -0.25) is 9.48 Å². The van der Waals surface area contributed by atoms with Crippen LogP contribution in [0, 0.1) is 0 Å². The summed E-state index contributed by atoms with van der Waals surface area (Å²) in [5, 5.41) is 3.72. The first-order valence-corrected chi connectivity index (χ1v) is 4.52. The Kier molecular flexibility index (Phi) is 3.16. The number of rotatable bonds is 3. The zero-order valence-electron chi connectivity index (χ0n) is 8.38. The molecule has 0 aromatic carbocycles. The van der Waals surface area contributed by atoms with Crippen LogP contribution < -0.4 is 0 Å². The zero-order chi connectivity index (χ0) is 11.6. The van der Waals surface area contributed by atoms with Gasteiger partial charge in [-0.1, -0.05) is 6.92 Å². The number of carbonyl (C=O) groups is 1. The van der Waals surface area contributed by atoms with Crippen molar-refractivity contribution in [1.82, 2.24) is 9.78 Å². The number of carbonyl (C=O) groups excluding carboxylic acids is 1. The summed E-state index contributed by atoms with van der Waals surface area (Å²) in [6.45, 7) is 3.70. The summed E-state index contributed by atoms with van der Waals surface area (Å²) in [6.07, 6.45) is -2.02. The molecule has 0 saturated heterocycles. The van der Waals surface area contributed by atoms with E-state index < -0.39 is 17.5 Å². The summed E-state index contributed by atoms with van der Waals surface area (Å²) in [6, 6.07) is -0.0141. The van der Waals surface area contributed by atoms with Crippen LogP contribution in [0.2, 0.25) is 0 Å². The zero-order valence-corrected chi connectivity index (χ0v) is 8.38. The summed E-state index contributed by atoms with van der Waals surface area (Å²) >= 11 is 0. The molecule has 1 rings (SSSR count). The maximum atomic E-state index is 12.0. The number of hydrogen-bond acceptors (Lipinski definition) is 2. The fourth-order valence-electron chi connectivity index (χ4n) is 1.05. The van der Waals surface area contributed by atoms with E-state index in [1.165, 1.54) is 4.68 Å². The number of Topliss-reactive ketones (excluding diaryl/α,β-unsaturated/α-hetero) is 1. The van der Waals surface area contributed by atoms with Crippen molar-refractivity contribution in [3.05, 3.63) is 18.0 Å². The summed E-state index contributed by atoms with van der Waals surface area (Å²) in [5.74, 6) is -1.85. The van der Waals surface area contributed by atoms with E-state index in [2.05, 4.69) is 5.10 Å². The predicted octanol–water partition coefficient (Wildman–Crippen LogP) is 2.60. The number of hydrogen-bond donors (Lipinski definition) is 0. The molecule has 1 aromatic heterocycles. The van der Waals surface area contributed by atoms with Gasteiger partial charge >= 0.3 is 6.18 Å². The Balaban J connectivity index is 2.90. The van der Waals surface area contributed by atoms with Crippen LogP contribution in [0.5, 0.6) is 0 Å². The van der Waals surface area contributed by atoms with E-state index in [1.54, 1.807) is 0 Å². The van der Waals surface area contributed by atoms with Gasteiger partial charge < -0.3 is 0 Å². The molecule has 0 fully saturated rings. The Morgan fingerprint density at radius 3 is 2.67 bits per heavy atom. The second kappa shape index (κ2) is 4.04. The molecule has 0 N–H and O–H groups in total. The second-order valence-corrected chi connectivity index (χ2v) is 3.29. The molecule has 3 nitrogen and oxygen atoms in total. The van der Waals surface area contributed by atoms with Gasteiger partial charge in [0.05, 0.1) is 11.8 Å². The van der Waals surface area contributed by atoms with Gasteiger partial charge in [-0.15, -0.1) is 0 Å². The van der Waals surface area contributed by atoms with E-state index in [0.29, 0.717) is 0 Å². The van der Waals surface area contributed by atoms with Gasteiger partial charge in [0.2, 0.25) is 0 Å². The molecule has 1 aromatic rings. The highest BCUT2D eigenvalue weighted by atomic mass is 19.4. The summed E-state index contributed by atoms with van der Waals surface area (Å²) in [4.78, 5) is 10.8. The molecule has 0 unspecified atom stereocenters. The molecule has 0 amide bonds. The lowest BCUT2D eigenvalue weighted by Gasteiger charge is -2.07. The number of aromatic nitrogens is 2. The number of halogens is 3. The van der Waals surface area contributed by atoms with E-state index in [9.17, 15) is 18.0 Å². The lowest BCUT2D eigenvalue weighted by Crippen LogP contribution is -2.22. The van der Waals surface area contributed by atoms with Crippen LogP contribution in [-0.4, -0.2) is 21.7 Å². The lowest BCUT2D eigenvalue weighted by molar-refractivity contribution is -0.0885. The van der Waals surface area contributed by atoms with Crippen LogP contribution in [0.4, 0.5) is 13.2 Å². The molecule has 0 spiro atoms. The average molecular weight is 220 g/mol. The molecule has 1 atom stereocenters. The van der Waals surface area contributed by atoms with Crippen molar-refractivity contribution in [1.29, 1.82) is 0 Å². The molecule has 0 aliphatic heterocycles. The molecule has 1 heterocycles. The Labute approximate surface area is 84.9 Å². The first-order chi connectivity index (χ1) is 6.86. The summed E-state index contributed by atoms with van der Waals surface area (Å²) in [5.41, 5.74) is -0.414. The fourth-order valence-corrected chi connectivity index (χ4v) is 1.05. The first kappa shape index (κ1) is 11.7. The van der Waals surface area contributed by atoms with Gasteiger partial charge in [-0.25, -0.2) is 0 Å². The average Bonchev–Trinajstić information content (AvgIpc) is 2.62. The lowest BCUT2D eigenvalue weighted by atomic mass is 10.2. The van der Waals surface area contributed by atoms with Gasteiger partial charge in [0.1, 0.15) is 0 Å². The third kappa shape index (κ3) is 2.57. The monoisotopic (exact) mass is 220 g/mol. The minimum atomic E-state index is -4.83. The quantitative estimate of drug-likeness (QED) is 0.734. The smallest absolute Gasteiger partial charge is 0.284 e. The third-order valence-corrected chi connectivity index (χ3v) is 2.16. The Bertz CT molecular complexity index is 356. The topological polar surface area (TPSA) is 34.9 Å². The van der Waals surface area contributed by atoms with Gasteiger partial charge in [0.25, 0.3) is 5.78 Å². The summed E-state index contributed by atoms with van der Waals surface area (Å²) in [7, 11) is 0. The molecular formula is C9H11F3N2O. The highest BCUT2D eigenvalue weighted by Gasteiger charge is 2.40. The maximum absolute atomic E-state index is 12.0.